The number of halogens is 1. The first-order chi connectivity index (χ1) is 12.7. The molecular weight excluding hydrogens is 329 g/mol. The van der Waals surface area contributed by atoms with E-state index < -0.39 is 5.54 Å². The van der Waals surface area contributed by atoms with E-state index in [-0.39, 0.29) is 11.6 Å². The average Bonchev–Trinajstić information content (AvgIpc) is 2.69. The minimum absolute atomic E-state index is 0.00292. The quantitative estimate of drug-likeness (QED) is 0.558. The molecule has 1 aliphatic rings. The molecule has 3 nitrogen and oxygen atoms in total. The normalized spacial score (nSPS) is 17.4. The number of carbonyl (C=O) groups excluding carboxylic acids is 1. The van der Waals surface area contributed by atoms with Gasteiger partial charge >= 0.3 is 0 Å². The Morgan fingerprint density at radius 1 is 1.12 bits per heavy atom. The smallest absolute Gasteiger partial charge is 0.183 e. The number of morpholine rings is 1. The van der Waals surface area contributed by atoms with Gasteiger partial charge in [0.25, 0.3) is 0 Å². The Morgan fingerprint density at radius 2 is 1.77 bits per heavy atom. The molecule has 3 rings (SSSR count). The first kappa shape index (κ1) is 18.5. The van der Waals surface area contributed by atoms with Crippen molar-refractivity contribution in [3.05, 3.63) is 84.2 Å². The molecule has 1 aliphatic heterocycles. The van der Waals surface area contributed by atoms with Crippen LogP contribution in [0.3, 0.4) is 0 Å². The van der Waals surface area contributed by atoms with Crippen LogP contribution in [0, 0.1) is 5.82 Å². The van der Waals surface area contributed by atoms with Crippen LogP contribution in [0.15, 0.2) is 67.3 Å². The van der Waals surface area contributed by atoms with Crippen LogP contribution in [-0.2, 0) is 11.2 Å². The molecule has 0 saturated carbocycles. The summed E-state index contributed by atoms with van der Waals surface area (Å²) in [7, 11) is 0. The highest BCUT2D eigenvalue weighted by Crippen LogP contribution is 2.31. The fourth-order valence-corrected chi connectivity index (χ4v) is 3.66. The van der Waals surface area contributed by atoms with E-state index in [9.17, 15) is 9.18 Å². The van der Waals surface area contributed by atoms with Crippen LogP contribution in [0.25, 0.3) is 0 Å². The van der Waals surface area contributed by atoms with Crippen LogP contribution in [0.2, 0.25) is 0 Å². The van der Waals surface area contributed by atoms with Gasteiger partial charge in [-0.3, -0.25) is 9.69 Å². The fourth-order valence-electron chi connectivity index (χ4n) is 3.66. The summed E-state index contributed by atoms with van der Waals surface area (Å²) in [6.45, 7) is 6.48. The third kappa shape index (κ3) is 3.92. The van der Waals surface area contributed by atoms with Gasteiger partial charge in [-0.1, -0.05) is 36.4 Å². The number of benzene rings is 2. The Morgan fingerprint density at radius 3 is 2.38 bits per heavy atom. The van der Waals surface area contributed by atoms with Crippen molar-refractivity contribution < 1.29 is 13.9 Å². The second-order valence-corrected chi connectivity index (χ2v) is 6.62. The zero-order chi connectivity index (χ0) is 18.4. The third-order valence-corrected chi connectivity index (χ3v) is 4.97. The largest absolute Gasteiger partial charge is 0.379 e. The molecule has 0 aromatic heterocycles. The molecule has 0 amide bonds. The number of rotatable bonds is 7. The second-order valence-electron chi connectivity index (χ2n) is 6.62. The van der Waals surface area contributed by atoms with E-state index in [0.29, 0.717) is 44.7 Å². The SMILES string of the molecule is C=CCC(Cc1ccccc1)(C(=O)c1ccc(F)cc1)N1CCOCC1. The van der Waals surface area contributed by atoms with Gasteiger partial charge < -0.3 is 4.74 Å². The van der Waals surface area contributed by atoms with Gasteiger partial charge in [0.2, 0.25) is 0 Å². The molecule has 1 atom stereocenters. The van der Waals surface area contributed by atoms with Crippen LogP contribution >= 0.6 is 0 Å². The summed E-state index contributed by atoms with van der Waals surface area (Å²) in [5, 5.41) is 0. The van der Waals surface area contributed by atoms with Gasteiger partial charge in [-0.15, -0.1) is 6.58 Å². The second kappa shape index (κ2) is 8.39. The Bertz CT molecular complexity index is 738. The lowest BCUT2D eigenvalue weighted by atomic mass is 9.79. The Hall–Kier alpha value is -2.30. The molecule has 4 heteroatoms. The van der Waals surface area contributed by atoms with E-state index in [1.807, 2.05) is 30.3 Å². The number of ether oxygens (including phenoxy) is 1. The highest BCUT2D eigenvalue weighted by atomic mass is 19.1. The molecule has 0 N–H and O–H groups in total. The lowest BCUT2D eigenvalue weighted by Crippen LogP contribution is -2.59. The van der Waals surface area contributed by atoms with E-state index in [2.05, 4.69) is 11.5 Å². The molecule has 2 aromatic carbocycles. The van der Waals surface area contributed by atoms with Crippen LogP contribution in [-0.4, -0.2) is 42.5 Å². The van der Waals surface area contributed by atoms with Crippen LogP contribution in [0.5, 0.6) is 0 Å². The van der Waals surface area contributed by atoms with Crippen molar-refractivity contribution in [3.63, 3.8) is 0 Å². The fraction of sp³-hybridized carbons (Fsp3) is 0.318. The lowest BCUT2D eigenvalue weighted by Gasteiger charge is -2.44. The summed E-state index contributed by atoms with van der Waals surface area (Å²) in [5.74, 6) is -0.339. The highest BCUT2D eigenvalue weighted by Gasteiger charge is 2.43. The summed E-state index contributed by atoms with van der Waals surface area (Å²) in [4.78, 5) is 15.8. The van der Waals surface area contributed by atoms with Gasteiger partial charge in [0.15, 0.2) is 5.78 Å². The van der Waals surface area contributed by atoms with E-state index in [4.69, 9.17) is 4.74 Å². The molecule has 0 radical (unpaired) electrons. The summed E-state index contributed by atoms with van der Waals surface area (Å²) in [6, 6.07) is 15.8. The number of carbonyl (C=O) groups is 1. The van der Waals surface area contributed by atoms with Gasteiger partial charge in [-0.2, -0.15) is 0 Å². The number of hydrogen-bond donors (Lipinski definition) is 0. The van der Waals surface area contributed by atoms with Gasteiger partial charge in [0.1, 0.15) is 5.82 Å². The minimum atomic E-state index is -0.745. The molecule has 136 valence electrons. The monoisotopic (exact) mass is 353 g/mol. The van der Waals surface area contributed by atoms with Crippen LogP contribution in [0.4, 0.5) is 4.39 Å². The Kier molecular flexibility index (Phi) is 5.96. The van der Waals surface area contributed by atoms with Crippen molar-refractivity contribution in [3.8, 4) is 0 Å². The first-order valence-electron chi connectivity index (χ1n) is 8.94. The molecule has 1 saturated heterocycles. The zero-order valence-corrected chi connectivity index (χ0v) is 14.9. The van der Waals surface area contributed by atoms with Crippen molar-refractivity contribution in [2.75, 3.05) is 26.3 Å². The van der Waals surface area contributed by atoms with Gasteiger partial charge in [-0.25, -0.2) is 4.39 Å². The maximum Gasteiger partial charge on any atom is 0.183 e. The van der Waals surface area contributed by atoms with Crippen LogP contribution in [0.1, 0.15) is 22.3 Å². The van der Waals surface area contributed by atoms with Gasteiger partial charge in [0.05, 0.1) is 18.8 Å². The van der Waals surface area contributed by atoms with Crippen molar-refractivity contribution in [1.82, 2.24) is 4.90 Å². The molecular formula is C22H24FNO2. The number of ketones is 1. The molecule has 1 heterocycles. The summed E-state index contributed by atoms with van der Waals surface area (Å²) in [5.41, 5.74) is 0.872. The maximum absolute atomic E-state index is 13.6. The Labute approximate surface area is 154 Å². The van der Waals surface area contributed by atoms with Crippen LogP contribution < -0.4 is 0 Å². The third-order valence-electron chi connectivity index (χ3n) is 4.97. The number of nitrogens with zero attached hydrogens (tertiary/aromatic N) is 1. The van der Waals surface area contributed by atoms with Crippen molar-refractivity contribution >= 4 is 5.78 Å². The standard InChI is InChI=1S/C22H24FNO2/c1-2-12-22(24-13-15-26-16-14-24,17-18-6-4-3-5-7-18)21(25)19-8-10-20(23)11-9-19/h2-11H,1,12-17H2. The van der Waals surface area contributed by atoms with E-state index >= 15 is 0 Å². The molecule has 26 heavy (non-hydrogen) atoms. The molecule has 0 spiro atoms. The molecule has 2 aromatic rings. The van der Waals surface area contributed by atoms with Crippen molar-refractivity contribution in [2.24, 2.45) is 0 Å². The predicted molar refractivity (Wildman–Crippen MR) is 101 cm³/mol. The first-order valence-corrected chi connectivity index (χ1v) is 8.94. The molecule has 1 unspecified atom stereocenters. The molecule has 0 bridgehead atoms. The average molecular weight is 353 g/mol. The minimum Gasteiger partial charge on any atom is -0.379 e. The summed E-state index contributed by atoms with van der Waals surface area (Å²) in [6.07, 6.45) is 2.91. The number of hydrogen-bond acceptors (Lipinski definition) is 3. The Balaban J connectivity index is 2.03. The van der Waals surface area contributed by atoms with E-state index in [1.165, 1.54) is 12.1 Å². The van der Waals surface area contributed by atoms with E-state index in [1.54, 1.807) is 18.2 Å². The molecule has 1 fully saturated rings. The summed E-state index contributed by atoms with van der Waals surface area (Å²) < 4.78 is 18.8. The van der Waals surface area contributed by atoms with Gasteiger partial charge in [0, 0.05) is 18.7 Å². The van der Waals surface area contributed by atoms with Crippen molar-refractivity contribution in [2.45, 2.75) is 18.4 Å². The predicted octanol–water partition coefficient (Wildman–Crippen LogP) is 3.90. The highest BCUT2D eigenvalue weighted by molar-refractivity contribution is 6.03. The van der Waals surface area contributed by atoms with E-state index in [0.717, 1.165) is 5.56 Å². The van der Waals surface area contributed by atoms with Gasteiger partial charge in [-0.05, 0) is 42.7 Å². The maximum atomic E-state index is 13.6. The lowest BCUT2D eigenvalue weighted by molar-refractivity contribution is -0.0142. The zero-order valence-electron chi connectivity index (χ0n) is 14.9. The van der Waals surface area contributed by atoms with Crippen molar-refractivity contribution in [1.29, 1.82) is 0 Å². The number of Topliss-reactive ketones (excluding diaryl/α,β-unsaturated/α-hetero) is 1. The topological polar surface area (TPSA) is 29.5 Å². The summed E-state index contributed by atoms with van der Waals surface area (Å²) >= 11 is 0. The molecule has 0 aliphatic carbocycles.